The monoisotopic (exact) mass is 267 g/mol. The minimum Gasteiger partial charge on any atom is -0.493 e. The summed E-state index contributed by atoms with van der Waals surface area (Å²) in [6.07, 6.45) is 5.27. The van der Waals surface area contributed by atoms with Crippen LogP contribution in [0, 0.1) is 5.92 Å². The molecule has 5 heteroatoms. The van der Waals surface area contributed by atoms with Crippen LogP contribution in [0.4, 0.5) is 0 Å². The Kier molecular flexibility index (Phi) is 4.82. The van der Waals surface area contributed by atoms with E-state index in [-0.39, 0.29) is 12.1 Å². The third kappa shape index (κ3) is 3.09. The predicted molar refractivity (Wildman–Crippen MR) is 74.1 cm³/mol. The van der Waals surface area contributed by atoms with Crippen molar-refractivity contribution in [2.24, 2.45) is 11.7 Å². The summed E-state index contributed by atoms with van der Waals surface area (Å²) in [6.45, 7) is 5.70. The van der Waals surface area contributed by atoms with E-state index in [1.54, 1.807) is 13.3 Å². The quantitative estimate of drug-likeness (QED) is 0.783. The smallest absolute Gasteiger partial charge is 0.161 e. The lowest BCUT2D eigenvalue weighted by Crippen LogP contribution is -2.33. The second kappa shape index (κ2) is 6.39. The summed E-state index contributed by atoms with van der Waals surface area (Å²) in [4.78, 5) is 0. The standard InChI is InChI=1S/C14H25N3O2/c1-4-8-17-13(11(18-3)9-16-17)12(15)14(19-5-2)10-6-7-10/h9-10,12,14H,4-8,15H2,1-3H3. The summed E-state index contributed by atoms with van der Waals surface area (Å²) in [5.74, 6) is 1.36. The van der Waals surface area contributed by atoms with Crippen molar-refractivity contribution >= 4 is 0 Å². The average Bonchev–Trinajstić information content (AvgIpc) is 3.16. The van der Waals surface area contributed by atoms with Gasteiger partial charge in [-0.05, 0) is 32.1 Å². The fourth-order valence-corrected chi connectivity index (χ4v) is 2.57. The molecular weight excluding hydrogens is 242 g/mol. The van der Waals surface area contributed by atoms with Gasteiger partial charge in [-0.3, -0.25) is 4.68 Å². The summed E-state index contributed by atoms with van der Waals surface area (Å²) in [6, 6.07) is -0.170. The van der Waals surface area contributed by atoms with Gasteiger partial charge in [-0.2, -0.15) is 5.10 Å². The van der Waals surface area contributed by atoms with E-state index in [1.807, 2.05) is 11.6 Å². The number of nitrogens with two attached hydrogens (primary N) is 1. The molecule has 19 heavy (non-hydrogen) atoms. The van der Waals surface area contributed by atoms with Crippen LogP contribution in [0.5, 0.6) is 5.75 Å². The first-order valence-corrected chi connectivity index (χ1v) is 7.19. The van der Waals surface area contributed by atoms with E-state index in [4.69, 9.17) is 15.2 Å². The fourth-order valence-electron chi connectivity index (χ4n) is 2.57. The molecule has 1 saturated carbocycles. The molecule has 0 bridgehead atoms. The van der Waals surface area contributed by atoms with Gasteiger partial charge in [0.1, 0.15) is 0 Å². The lowest BCUT2D eigenvalue weighted by molar-refractivity contribution is 0.0257. The summed E-state index contributed by atoms with van der Waals surface area (Å²) in [5.41, 5.74) is 7.42. The van der Waals surface area contributed by atoms with Gasteiger partial charge in [0.25, 0.3) is 0 Å². The van der Waals surface area contributed by atoms with E-state index in [2.05, 4.69) is 12.0 Å². The van der Waals surface area contributed by atoms with Gasteiger partial charge in [0.05, 0.1) is 31.1 Å². The van der Waals surface area contributed by atoms with E-state index in [0.29, 0.717) is 12.5 Å². The molecule has 1 fully saturated rings. The van der Waals surface area contributed by atoms with E-state index in [1.165, 1.54) is 12.8 Å². The van der Waals surface area contributed by atoms with Crippen molar-refractivity contribution in [2.75, 3.05) is 13.7 Å². The molecule has 1 aliphatic carbocycles. The maximum absolute atomic E-state index is 6.45. The SMILES string of the molecule is CCCn1ncc(OC)c1C(N)C(OCC)C1CC1. The first kappa shape index (κ1) is 14.3. The lowest BCUT2D eigenvalue weighted by atomic mass is 10.0. The first-order chi connectivity index (χ1) is 9.22. The van der Waals surface area contributed by atoms with E-state index in [0.717, 1.165) is 24.4 Å². The Morgan fingerprint density at radius 1 is 1.47 bits per heavy atom. The number of aryl methyl sites for hydroxylation is 1. The molecule has 0 amide bonds. The molecule has 2 N–H and O–H groups in total. The van der Waals surface area contributed by atoms with Crippen LogP contribution in [-0.4, -0.2) is 29.6 Å². The first-order valence-electron chi connectivity index (χ1n) is 7.19. The van der Waals surface area contributed by atoms with Crippen molar-refractivity contribution in [1.29, 1.82) is 0 Å². The van der Waals surface area contributed by atoms with Crippen LogP contribution in [0.1, 0.15) is 44.8 Å². The molecule has 0 aromatic carbocycles. The second-order valence-corrected chi connectivity index (χ2v) is 5.10. The van der Waals surface area contributed by atoms with E-state index in [9.17, 15) is 0 Å². The summed E-state index contributed by atoms with van der Waals surface area (Å²) >= 11 is 0. The molecule has 2 rings (SSSR count). The van der Waals surface area contributed by atoms with Gasteiger partial charge in [0.15, 0.2) is 5.75 Å². The Labute approximate surface area is 115 Å². The molecule has 0 spiro atoms. The van der Waals surface area contributed by atoms with Gasteiger partial charge in [-0.15, -0.1) is 0 Å². The number of aromatic nitrogens is 2. The van der Waals surface area contributed by atoms with Gasteiger partial charge in [-0.25, -0.2) is 0 Å². The summed E-state index contributed by atoms with van der Waals surface area (Å²) in [7, 11) is 1.66. The summed E-state index contributed by atoms with van der Waals surface area (Å²) in [5, 5.41) is 4.38. The van der Waals surface area contributed by atoms with Crippen molar-refractivity contribution in [3.05, 3.63) is 11.9 Å². The highest BCUT2D eigenvalue weighted by atomic mass is 16.5. The molecule has 0 radical (unpaired) electrons. The van der Waals surface area contributed by atoms with E-state index >= 15 is 0 Å². The van der Waals surface area contributed by atoms with Crippen LogP contribution in [0.15, 0.2) is 6.20 Å². The van der Waals surface area contributed by atoms with Crippen molar-refractivity contribution in [2.45, 2.75) is 51.8 Å². The highest BCUT2D eigenvalue weighted by Crippen LogP contribution is 2.40. The van der Waals surface area contributed by atoms with Crippen LogP contribution in [-0.2, 0) is 11.3 Å². The fraction of sp³-hybridized carbons (Fsp3) is 0.786. The molecule has 1 heterocycles. The van der Waals surface area contributed by atoms with Crippen LogP contribution < -0.4 is 10.5 Å². The largest absolute Gasteiger partial charge is 0.493 e. The molecule has 2 unspecified atom stereocenters. The van der Waals surface area contributed by atoms with Crippen molar-refractivity contribution in [1.82, 2.24) is 9.78 Å². The zero-order chi connectivity index (χ0) is 13.8. The molecule has 0 aliphatic heterocycles. The van der Waals surface area contributed by atoms with Crippen LogP contribution >= 0.6 is 0 Å². The Bertz CT molecular complexity index is 401. The van der Waals surface area contributed by atoms with Crippen molar-refractivity contribution in [3.8, 4) is 5.75 Å². The maximum atomic E-state index is 6.45. The Balaban J connectivity index is 2.24. The van der Waals surface area contributed by atoms with Crippen LogP contribution in [0.3, 0.4) is 0 Å². The van der Waals surface area contributed by atoms with Gasteiger partial charge < -0.3 is 15.2 Å². The molecule has 1 aromatic heterocycles. The minimum absolute atomic E-state index is 0.0752. The normalized spacial score (nSPS) is 18.3. The highest BCUT2D eigenvalue weighted by Gasteiger charge is 2.38. The minimum atomic E-state index is -0.170. The third-order valence-corrected chi connectivity index (χ3v) is 3.62. The molecule has 1 aromatic rings. The Morgan fingerprint density at radius 3 is 2.74 bits per heavy atom. The van der Waals surface area contributed by atoms with Gasteiger partial charge in [0, 0.05) is 13.2 Å². The number of rotatable bonds is 8. The number of hydrogen-bond acceptors (Lipinski definition) is 4. The average molecular weight is 267 g/mol. The zero-order valence-electron chi connectivity index (χ0n) is 12.1. The third-order valence-electron chi connectivity index (χ3n) is 3.62. The predicted octanol–water partition coefficient (Wildman–Crippen LogP) is 2.12. The number of hydrogen-bond donors (Lipinski definition) is 1. The van der Waals surface area contributed by atoms with Gasteiger partial charge >= 0.3 is 0 Å². The van der Waals surface area contributed by atoms with E-state index < -0.39 is 0 Å². The Morgan fingerprint density at radius 2 is 2.21 bits per heavy atom. The van der Waals surface area contributed by atoms with Gasteiger partial charge in [-0.1, -0.05) is 6.92 Å². The maximum Gasteiger partial charge on any atom is 0.161 e. The molecular formula is C14H25N3O2. The van der Waals surface area contributed by atoms with Gasteiger partial charge in [0.2, 0.25) is 0 Å². The number of ether oxygens (including phenoxy) is 2. The molecule has 1 aliphatic rings. The highest BCUT2D eigenvalue weighted by molar-refractivity contribution is 5.29. The lowest BCUT2D eigenvalue weighted by Gasteiger charge is -2.25. The van der Waals surface area contributed by atoms with Crippen molar-refractivity contribution < 1.29 is 9.47 Å². The topological polar surface area (TPSA) is 62.3 Å². The number of nitrogens with zero attached hydrogens (tertiary/aromatic N) is 2. The number of methoxy groups -OCH3 is 1. The molecule has 0 saturated heterocycles. The van der Waals surface area contributed by atoms with Crippen LogP contribution in [0.2, 0.25) is 0 Å². The summed E-state index contributed by atoms with van der Waals surface area (Å²) < 4.78 is 13.2. The Hall–Kier alpha value is -1.07. The van der Waals surface area contributed by atoms with Crippen molar-refractivity contribution in [3.63, 3.8) is 0 Å². The van der Waals surface area contributed by atoms with Crippen LogP contribution in [0.25, 0.3) is 0 Å². The molecule has 5 nitrogen and oxygen atoms in total. The molecule has 108 valence electrons. The molecule has 2 atom stereocenters. The zero-order valence-corrected chi connectivity index (χ0v) is 12.1. The second-order valence-electron chi connectivity index (χ2n) is 5.10.